The Morgan fingerprint density at radius 1 is 0.806 bits per heavy atom. The summed E-state index contributed by atoms with van der Waals surface area (Å²) in [5.74, 6) is 0.258. The number of para-hydroxylation sites is 1. The Kier molecular flexibility index (Phi) is 6.75. The molecule has 5 nitrogen and oxygen atoms in total. The molecule has 5 heteroatoms. The molecule has 31 heavy (non-hydrogen) atoms. The normalized spacial score (nSPS) is 11.0. The summed E-state index contributed by atoms with van der Waals surface area (Å²) in [7, 11) is 0. The number of hydrogen-bond acceptors (Lipinski definition) is 3. The van der Waals surface area contributed by atoms with Crippen LogP contribution in [0.3, 0.4) is 0 Å². The maximum atomic E-state index is 12.5. The minimum absolute atomic E-state index is 0.0419. The lowest BCUT2D eigenvalue weighted by Gasteiger charge is -2.19. The van der Waals surface area contributed by atoms with Crippen molar-refractivity contribution in [2.75, 3.05) is 17.2 Å². The summed E-state index contributed by atoms with van der Waals surface area (Å²) < 4.78 is 5.56. The summed E-state index contributed by atoms with van der Waals surface area (Å²) in [6, 6.07) is 22.1. The Balaban J connectivity index is 1.53. The van der Waals surface area contributed by atoms with Gasteiger partial charge in [-0.1, -0.05) is 51.1 Å². The summed E-state index contributed by atoms with van der Waals surface area (Å²) in [5.41, 5.74) is 4.07. The van der Waals surface area contributed by atoms with E-state index in [1.165, 1.54) is 5.56 Å². The van der Waals surface area contributed by atoms with E-state index in [-0.39, 0.29) is 23.8 Å². The molecular weight excluding hydrogens is 388 g/mol. The van der Waals surface area contributed by atoms with Gasteiger partial charge >= 0.3 is 0 Å². The maximum Gasteiger partial charge on any atom is 0.262 e. The summed E-state index contributed by atoms with van der Waals surface area (Å²) in [5, 5.41) is 5.66. The number of carbonyl (C=O) groups is 2. The van der Waals surface area contributed by atoms with E-state index in [1.54, 1.807) is 24.3 Å². The van der Waals surface area contributed by atoms with E-state index in [0.717, 1.165) is 5.56 Å². The van der Waals surface area contributed by atoms with Gasteiger partial charge in [0, 0.05) is 16.9 Å². The molecule has 2 N–H and O–H groups in total. The number of aryl methyl sites for hydroxylation is 1. The van der Waals surface area contributed by atoms with Crippen molar-refractivity contribution in [2.45, 2.75) is 33.1 Å². The van der Waals surface area contributed by atoms with Gasteiger partial charge in [-0.15, -0.1) is 0 Å². The van der Waals surface area contributed by atoms with Crippen LogP contribution in [-0.2, 0) is 10.2 Å². The SMILES string of the molecule is Cc1ccccc1OCC(=O)Nc1ccc(NC(=O)c2ccc(C(C)(C)C)cc2)cc1. The third kappa shape index (κ3) is 6.19. The topological polar surface area (TPSA) is 67.4 Å². The number of amides is 2. The molecule has 0 aromatic heterocycles. The molecule has 0 aliphatic heterocycles. The lowest BCUT2D eigenvalue weighted by Crippen LogP contribution is -2.20. The highest BCUT2D eigenvalue weighted by atomic mass is 16.5. The second-order valence-corrected chi connectivity index (χ2v) is 8.46. The van der Waals surface area contributed by atoms with Crippen LogP contribution in [0.25, 0.3) is 0 Å². The molecule has 0 unspecified atom stereocenters. The largest absolute Gasteiger partial charge is 0.483 e. The molecule has 0 saturated heterocycles. The molecular formula is C26H28N2O3. The number of rotatable bonds is 6. The van der Waals surface area contributed by atoms with Gasteiger partial charge in [0.2, 0.25) is 0 Å². The molecule has 0 saturated carbocycles. The van der Waals surface area contributed by atoms with Crippen LogP contribution in [0.1, 0.15) is 42.3 Å². The van der Waals surface area contributed by atoms with E-state index in [2.05, 4.69) is 31.4 Å². The zero-order valence-electron chi connectivity index (χ0n) is 18.4. The second-order valence-electron chi connectivity index (χ2n) is 8.46. The van der Waals surface area contributed by atoms with Crippen molar-refractivity contribution < 1.29 is 14.3 Å². The molecule has 3 aromatic rings. The van der Waals surface area contributed by atoms with E-state index in [9.17, 15) is 9.59 Å². The first-order valence-corrected chi connectivity index (χ1v) is 10.2. The minimum Gasteiger partial charge on any atom is -0.483 e. The van der Waals surface area contributed by atoms with E-state index in [1.807, 2.05) is 55.5 Å². The van der Waals surface area contributed by atoms with Crippen LogP contribution in [0.4, 0.5) is 11.4 Å². The van der Waals surface area contributed by atoms with Gasteiger partial charge < -0.3 is 15.4 Å². The average Bonchev–Trinajstić information content (AvgIpc) is 2.74. The summed E-state index contributed by atoms with van der Waals surface area (Å²) in [6.07, 6.45) is 0. The average molecular weight is 417 g/mol. The van der Waals surface area contributed by atoms with Crippen molar-refractivity contribution >= 4 is 23.2 Å². The zero-order chi connectivity index (χ0) is 22.4. The van der Waals surface area contributed by atoms with Gasteiger partial charge in [-0.25, -0.2) is 0 Å². The van der Waals surface area contributed by atoms with Crippen molar-refractivity contribution in [3.05, 3.63) is 89.5 Å². The number of carbonyl (C=O) groups excluding carboxylic acids is 2. The molecule has 3 rings (SSSR count). The summed E-state index contributed by atoms with van der Waals surface area (Å²) in [4.78, 5) is 24.6. The molecule has 0 atom stereocenters. The number of ether oxygens (including phenoxy) is 1. The highest BCUT2D eigenvalue weighted by Crippen LogP contribution is 2.23. The van der Waals surface area contributed by atoms with Crippen molar-refractivity contribution in [3.63, 3.8) is 0 Å². The van der Waals surface area contributed by atoms with Gasteiger partial charge in [0.1, 0.15) is 5.75 Å². The quantitative estimate of drug-likeness (QED) is 0.553. The Hall–Kier alpha value is -3.60. The molecule has 0 aliphatic carbocycles. The second kappa shape index (κ2) is 9.47. The van der Waals surface area contributed by atoms with E-state index >= 15 is 0 Å². The van der Waals surface area contributed by atoms with Gasteiger partial charge in [-0.3, -0.25) is 9.59 Å². The van der Waals surface area contributed by atoms with Crippen LogP contribution in [0, 0.1) is 6.92 Å². The van der Waals surface area contributed by atoms with Gasteiger partial charge in [0.15, 0.2) is 6.61 Å². The van der Waals surface area contributed by atoms with Gasteiger partial charge in [0.25, 0.3) is 11.8 Å². The summed E-state index contributed by atoms with van der Waals surface area (Å²) in [6.45, 7) is 8.26. The first-order valence-electron chi connectivity index (χ1n) is 10.2. The van der Waals surface area contributed by atoms with Crippen LogP contribution in [0.5, 0.6) is 5.75 Å². The Bertz CT molecular complexity index is 1050. The van der Waals surface area contributed by atoms with Gasteiger partial charge in [-0.05, 0) is 65.9 Å². The van der Waals surface area contributed by atoms with Crippen LogP contribution < -0.4 is 15.4 Å². The van der Waals surface area contributed by atoms with Crippen LogP contribution in [-0.4, -0.2) is 18.4 Å². The van der Waals surface area contributed by atoms with Crippen molar-refractivity contribution in [1.29, 1.82) is 0 Å². The number of anilines is 2. The first kappa shape index (κ1) is 22.1. The lowest BCUT2D eigenvalue weighted by atomic mass is 9.87. The fourth-order valence-electron chi connectivity index (χ4n) is 3.02. The standard InChI is InChI=1S/C26H28N2O3/c1-18-7-5-6-8-23(18)31-17-24(29)27-21-13-15-22(16-14-21)28-25(30)19-9-11-20(12-10-19)26(2,3)4/h5-16H,17H2,1-4H3,(H,27,29)(H,28,30). The summed E-state index contributed by atoms with van der Waals surface area (Å²) >= 11 is 0. The number of hydrogen-bond donors (Lipinski definition) is 2. The Labute approximate surface area is 183 Å². The predicted molar refractivity (Wildman–Crippen MR) is 125 cm³/mol. The van der Waals surface area contributed by atoms with Crippen molar-refractivity contribution in [1.82, 2.24) is 0 Å². The van der Waals surface area contributed by atoms with E-state index < -0.39 is 0 Å². The van der Waals surface area contributed by atoms with Crippen molar-refractivity contribution in [3.8, 4) is 5.75 Å². The number of benzene rings is 3. The third-order valence-corrected chi connectivity index (χ3v) is 4.89. The third-order valence-electron chi connectivity index (χ3n) is 4.89. The molecule has 0 aliphatic rings. The van der Waals surface area contributed by atoms with Gasteiger partial charge in [-0.2, -0.15) is 0 Å². The minimum atomic E-state index is -0.251. The molecule has 0 spiro atoms. The molecule has 3 aromatic carbocycles. The molecule has 0 heterocycles. The smallest absolute Gasteiger partial charge is 0.262 e. The zero-order valence-corrected chi connectivity index (χ0v) is 18.4. The molecule has 0 bridgehead atoms. The highest BCUT2D eigenvalue weighted by molar-refractivity contribution is 6.04. The highest BCUT2D eigenvalue weighted by Gasteiger charge is 2.14. The van der Waals surface area contributed by atoms with Gasteiger partial charge in [0.05, 0.1) is 0 Å². The van der Waals surface area contributed by atoms with Crippen molar-refractivity contribution in [2.24, 2.45) is 0 Å². The number of nitrogens with one attached hydrogen (secondary N) is 2. The first-order chi connectivity index (χ1) is 14.7. The lowest BCUT2D eigenvalue weighted by molar-refractivity contribution is -0.118. The van der Waals surface area contributed by atoms with Crippen LogP contribution in [0.2, 0.25) is 0 Å². The fraction of sp³-hybridized carbons (Fsp3) is 0.231. The molecule has 160 valence electrons. The fourth-order valence-corrected chi connectivity index (χ4v) is 3.02. The van der Waals surface area contributed by atoms with E-state index in [0.29, 0.717) is 22.7 Å². The molecule has 0 fully saturated rings. The Morgan fingerprint density at radius 3 is 1.97 bits per heavy atom. The monoisotopic (exact) mass is 416 g/mol. The molecule has 2 amide bonds. The molecule has 0 radical (unpaired) electrons. The maximum absolute atomic E-state index is 12.5. The van der Waals surface area contributed by atoms with E-state index in [4.69, 9.17) is 4.74 Å². The predicted octanol–water partition coefficient (Wildman–Crippen LogP) is 5.56. The van der Waals surface area contributed by atoms with Crippen LogP contribution >= 0.6 is 0 Å². The van der Waals surface area contributed by atoms with Crippen LogP contribution in [0.15, 0.2) is 72.8 Å². The Morgan fingerprint density at radius 2 is 1.39 bits per heavy atom.